The van der Waals surface area contributed by atoms with Crippen molar-refractivity contribution in [1.82, 2.24) is 0 Å². The van der Waals surface area contributed by atoms with Crippen LogP contribution in [0.5, 0.6) is 0 Å². The molecule has 0 aliphatic rings. The highest BCUT2D eigenvalue weighted by molar-refractivity contribution is 9.10. The van der Waals surface area contributed by atoms with Crippen LogP contribution in [-0.4, -0.2) is 6.54 Å². The Balaban J connectivity index is 2.32. The second-order valence-corrected chi connectivity index (χ2v) is 5.50. The molecule has 0 saturated carbocycles. The van der Waals surface area contributed by atoms with Crippen LogP contribution in [0.3, 0.4) is 0 Å². The predicted octanol–water partition coefficient (Wildman–Crippen LogP) is 4.09. The van der Waals surface area contributed by atoms with E-state index in [0.717, 1.165) is 34.6 Å². The van der Waals surface area contributed by atoms with Crippen LogP contribution in [0.1, 0.15) is 31.2 Å². The zero-order valence-electron chi connectivity index (χ0n) is 11.3. The van der Waals surface area contributed by atoms with Crippen LogP contribution < -0.4 is 10.6 Å². The number of hydrogen-bond acceptors (Lipinski definition) is 3. The Bertz CT molecular complexity index is 523. The summed E-state index contributed by atoms with van der Waals surface area (Å²) in [6.45, 7) is 5.80. The lowest BCUT2D eigenvalue weighted by molar-refractivity contribution is 0.503. The molecule has 1 atom stereocenters. The van der Waals surface area contributed by atoms with Crippen molar-refractivity contribution in [3.63, 3.8) is 0 Å². The number of anilines is 1. The van der Waals surface area contributed by atoms with Gasteiger partial charge in [-0.25, -0.2) is 0 Å². The zero-order valence-corrected chi connectivity index (χ0v) is 12.9. The van der Waals surface area contributed by atoms with Crippen LogP contribution >= 0.6 is 15.9 Å². The number of nitrogens with two attached hydrogens (primary N) is 1. The van der Waals surface area contributed by atoms with Gasteiger partial charge in [-0.2, -0.15) is 0 Å². The molecule has 0 bridgehead atoms. The number of halogens is 1. The smallest absolute Gasteiger partial charge is 0.123 e. The molecule has 0 fully saturated rings. The molecular formula is C15H19BrN2O. The Morgan fingerprint density at radius 2 is 2.16 bits per heavy atom. The van der Waals surface area contributed by atoms with Crippen molar-refractivity contribution in [2.45, 2.75) is 26.4 Å². The van der Waals surface area contributed by atoms with Crippen molar-refractivity contribution in [2.24, 2.45) is 5.73 Å². The second-order valence-electron chi connectivity index (χ2n) is 4.59. The van der Waals surface area contributed by atoms with Gasteiger partial charge in [0.05, 0.1) is 12.8 Å². The van der Waals surface area contributed by atoms with Gasteiger partial charge in [0, 0.05) is 22.7 Å². The van der Waals surface area contributed by atoms with Crippen molar-refractivity contribution in [1.29, 1.82) is 0 Å². The SMILES string of the molecule is CCN(Cc1ccco1)c1ccc(Br)cc1C(C)N. The summed E-state index contributed by atoms with van der Waals surface area (Å²) in [5, 5.41) is 0. The molecule has 1 unspecified atom stereocenters. The van der Waals surface area contributed by atoms with Gasteiger partial charge in [-0.1, -0.05) is 15.9 Å². The molecule has 0 aliphatic carbocycles. The molecule has 102 valence electrons. The van der Waals surface area contributed by atoms with E-state index in [1.807, 2.05) is 25.1 Å². The fourth-order valence-corrected chi connectivity index (χ4v) is 2.51. The molecule has 0 radical (unpaired) electrons. The molecule has 2 N–H and O–H groups in total. The van der Waals surface area contributed by atoms with Gasteiger partial charge in [0.15, 0.2) is 0 Å². The van der Waals surface area contributed by atoms with Crippen LogP contribution in [0.15, 0.2) is 45.5 Å². The van der Waals surface area contributed by atoms with E-state index in [-0.39, 0.29) is 6.04 Å². The standard InChI is InChI=1S/C15H19BrN2O/c1-3-18(10-13-5-4-8-19-13)15-7-6-12(16)9-14(15)11(2)17/h4-9,11H,3,10,17H2,1-2H3. The number of benzene rings is 1. The number of hydrogen-bond donors (Lipinski definition) is 1. The monoisotopic (exact) mass is 322 g/mol. The maximum absolute atomic E-state index is 6.08. The van der Waals surface area contributed by atoms with Gasteiger partial charge < -0.3 is 15.1 Å². The predicted molar refractivity (Wildman–Crippen MR) is 82.2 cm³/mol. The molecule has 19 heavy (non-hydrogen) atoms. The minimum atomic E-state index is -0.00171. The first kappa shape index (κ1) is 14.2. The van der Waals surface area contributed by atoms with E-state index in [4.69, 9.17) is 10.2 Å². The largest absolute Gasteiger partial charge is 0.467 e. The van der Waals surface area contributed by atoms with Gasteiger partial charge in [0.2, 0.25) is 0 Å². The summed E-state index contributed by atoms with van der Waals surface area (Å²) in [5.74, 6) is 0.959. The molecule has 4 heteroatoms. The van der Waals surface area contributed by atoms with Crippen molar-refractivity contribution in [3.05, 3.63) is 52.4 Å². The molecule has 0 saturated heterocycles. The summed E-state index contributed by atoms with van der Waals surface area (Å²) >= 11 is 3.50. The summed E-state index contributed by atoms with van der Waals surface area (Å²) in [4.78, 5) is 2.27. The summed E-state index contributed by atoms with van der Waals surface area (Å²) in [5.41, 5.74) is 8.38. The minimum Gasteiger partial charge on any atom is -0.467 e. The quantitative estimate of drug-likeness (QED) is 0.901. The van der Waals surface area contributed by atoms with Gasteiger partial charge >= 0.3 is 0 Å². The molecule has 1 heterocycles. The highest BCUT2D eigenvalue weighted by atomic mass is 79.9. The number of furan rings is 1. The minimum absolute atomic E-state index is 0.00171. The molecule has 1 aromatic heterocycles. The Morgan fingerprint density at radius 1 is 1.37 bits per heavy atom. The van der Waals surface area contributed by atoms with Crippen LogP contribution in [0.4, 0.5) is 5.69 Å². The molecule has 1 aromatic carbocycles. The fourth-order valence-electron chi connectivity index (χ4n) is 2.14. The maximum Gasteiger partial charge on any atom is 0.123 e. The average Bonchev–Trinajstić information content (AvgIpc) is 2.89. The molecule has 0 aliphatic heterocycles. The molecular weight excluding hydrogens is 304 g/mol. The molecule has 3 nitrogen and oxygen atoms in total. The van der Waals surface area contributed by atoms with E-state index in [1.165, 1.54) is 0 Å². The topological polar surface area (TPSA) is 42.4 Å². The number of rotatable bonds is 5. The normalized spacial score (nSPS) is 12.4. The highest BCUT2D eigenvalue weighted by Crippen LogP contribution is 2.29. The van der Waals surface area contributed by atoms with Crippen LogP contribution in [0, 0.1) is 0 Å². The van der Waals surface area contributed by atoms with Crippen LogP contribution in [0.2, 0.25) is 0 Å². The average molecular weight is 323 g/mol. The third-order valence-corrected chi connectivity index (χ3v) is 3.62. The van der Waals surface area contributed by atoms with E-state index in [9.17, 15) is 0 Å². The summed E-state index contributed by atoms with van der Waals surface area (Å²) < 4.78 is 6.48. The molecule has 2 rings (SSSR count). The van der Waals surface area contributed by atoms with E-state index in [1.54, 1.807) is 6.26 Å². The van der Waals surface area contributed by atoms with E-state index < -0.39 is 0 Å². The van der Waals surface area contributed by atoms with Crippen molar-refractivity contribution in [3.8, 4) is 0 Å². The van der Waals surface area contributed by atoms with E-state index in [0.29, 0.717) is 0 Å². The lowest BCUT2D eigenvalue weighted by atomic mass is 10.1. The summed E-state index contributed by atoms with van der Waals surface area (Å²) in [6, 6.07) is 10.1. The van der Waals surface area contributed by atoms with E-state index >= 15 is 0 Å². The fraction of sp³-hybridized carbons (Fsp3) is 0.333. The third-order valence-electron chi connectivity index (χ3n) is 3.13. The summed E-state index contributed by atoms with van der Waals surface area (Å²) in [6.07, 6.45) is 1.71. The third kappa shape index (κ3) is 3.39. The number of nitrogens with zero attached hydrogens (tertiary/aromatic N) is 1. The first-order valence-electron chi connectivity index (χ1n) is 6.44. The lowest BCUT2D eigenvalue weighted by Crippen LogP contribution is -2.24. The van der Waals surface area contributed by atoms with Crippen LogP contribution in [-0.2, 0) is 6.54 Å². The summed E-state index contributed by atoms with van der Waals surface area (Å²) in [7, 11) is 0. The van der Waals surface area contributed by atoms with Gasteiger partial charge in [0.25, 0.3) is 0 Å². The van der Waals surface area contributed by atoms with Crippen LogP contribution in [0.25, 0.3) is 0 Å². The Hall–Kier alpha value is -1.26. The zero-order chi connectivity index (χ0) is 13.8. The van der Waals surface area contributed by atoms with Gasteiger partial charge in [0.1, 0.15) is 5.76 Å². The van der Waals surface area contributed by atoms with Crippen molar-refractivity contribution in [2.75, 3.05) is 11.4 Å². The molecule has 2 aromatic rings. The van der Waals surface area contributed by atoms with Gasteiger partial charge in [-0.3, -0.25) is 0 Å². The first-order chi connectivity index (χ1) is 9.11. The Kier molecular flexibility index (Phi) is 4.66. The highest BCUT2D eigenvalue weighted by Gasteiger charge is 2.14. The Labute approximate surface area is 122 Å². The molecule has 0 amide bonds. The van der Waals surface area contributed by atoms with Crippen molar-refractivity contribution >= 4 is 21.6 Å². The second kappa shape index (κ2) is 6.26. The first-order valence-corrected chi connectivity index (χ1v) is 7.23. The Morgan fingerprint density at radius 3 is 2.74 bits per heavy atom. The lowest BCUT2D eigenvalue weighted by Gasteiger charge is -2.26. The molecule has 0 spiro atoms. The van der Waals surface area contributed by atoms with Gasteiger partial charge in [-0.05, 0) is 49.7 Å². The van der Waals surface area contributed by atoms with Crippen molar-refractivity contribution < 1.29 is 4.42 Å². The van der Waals surface area contributed by atoms with Gasteiger partial charge in [-0.15, -0.1) is 0 Å². The van der Waals surface area contributed by atoms with E-state index in [2.05, 4.69) is 39.9 Å². The maximum atomic E-state index is 6.08.